The standard InChI is InChI=1S/C22H21N5O4S/c1-15-24-21(27-13-12-23-16(27)2)14-22(25-15)31-18-10-8-17(9-11-18)26-32(28,29)20-7-5-4-6-19(20)30-3/h4-14,26H,1-3H3. The van der Waals surface area contributed by atoms with Crippen molar-refractivity contribution in [2.45, 2.75) is 18.7 Å². The topological polar surface area (TPSA) is 108 Å². The number of rotatable bonds is 7. The van der Waals surface area contributed by atoms with Crippen LogP contribution < -0.4 is 14.2 Å². The second-order valence-electron chi connectivity index (χ2n) is 6.84. The Morgan fingerprint density at radius 1 is 1.00 bits per heavy atom. The van der Waals surface area contributed by atoms with E-state index in [1.165, 1.54) is 13.2 Å². The fraction of sp³-hybridized carbons (Fsp3) is 0.136. The van der Waals surface area contributed by atoms with E-state index in [0.29, 0.717) is 29.0 Å². The number of nitrogens with one attached hydrogen (secondary N) is 1. The molecule has 0 unspecified atom stereocenters. The minimum absolute atomic E-state index is 0.0570. The molecular weight excluding hydrogens is 430 g/mol. The van der Waals surface area contributed by atoms with Gasteiger partial charge in [0.25, 0.3) is 10.0 Å². The molecule has 164 valence electrons. The predicted octanol–water partition coefficient (Wildman–Crippen LogP) is 3.88. The summed E-state index contributed by atoms with van der Waals surface area (Å²) in [4.78, 5) is 13.0. The van der Waals surface area contributed by atoms with Crippen molar-refractivity contribution in [2.24, 2.45) is 0 Å². The number of aryl methyl sites for hydroxylation is 2. The highest BCUT2D eigenvalue weighted by Crippen LogP contribution is 2.27. The highest BCUT2D eigenvalue weighted by atomic mass is 32.2. The van der Waals surface area contributed by atoms with Crippen LogP contribution in [0.25, 0.3) is 5.82 Å². The zero-order valence-electron chi connectivity index (χ0n) is 17.7. The van der Waals surface area contributed by atoms with Gasteiger partial charge in [-0.05, 0) is 50.2 Å². The van der Waals surface area contributed by atoms with Crippen LogP contribution in [-0.2, 0) is 10.0 Å². The van der Waals surface area contributed by atoms with E-state index in [2.05, 4.69) is 19.7 Å². The molecule has 0 spiro atoms. The van der Waals surface area contributed by atoms with Gasteiger partial charge in [0.05, 0.1) is 7.11 Å². The van der Waals surface area contributed by atoms with Gasteiger partial charge in [0.1, 0.15) is 33.9 Å². The number of hydrogen-bond donors (Lipinski definition) is 1. The predicted molar refractivity (Wildman–Crippen MR) is 119 cm³/mol. The molecule has 0 amide bonds. The lowest BCUT2D eigenvalue weighted by molar-refractivity contribution is 0.403. The first-order chi connectivity index (χ1) is 15.4. The van der Waals surface area contributed by atoms with Gasteiger partial charge in [-0.25, -0.2) is 18.4 Å². The van der Waals surface area contributed by atoms with Crippen LogP contribution in [0, 0.1) is 13.8 Å². The molecule has 0 fully saturated rings. The van der Waals surface area contributed by atoms with Crippen LogP contribution in [0.15, 0.2) is 71.9 Å². The first-order valence-corrected chi connectivity index (χ1v) is 11.1. The zero-order chi connectivity index (χ0) is 22.7. The maximum Gasteiger partial charge on any atom is 0.265 e. The number of methoxy groups -OCH3 is 1. The van der Waals surface area contributed by atoms with E-state index in [9.17, 15) is 8.42 Å². The minimum atomic E-state index is -3.81. The molecule has 0 bridgehead atoms. The minimum Gasteiger partial charge on any atom is -0.495 e. The summed E-state index contributed by atoms with van der Waals surface area (Å²) in [7, 11) is -2.39. The van der Waals surface area contributed by atoms with Crippen molar-refractivity contribution in [3.8, 4) is 23.2 Å². The van der Waals surface area contributed by atoms with Crippen molar-refractivity contribution < 1.29 is 17.9 Å². The van der Waals surface area contributed by atoms with Crippen LogP contribution in [0.3, 0.4) is 0 Å². The van der Waals surface area contributed by atoms with Crippen molar-refractivity contribution in [1.29, 1.82) is 0 Å². The molecule has 10 heteroatoms. The molecular formula is C22H21N5O4S. The van der Waals surface area contributed by atoms with Gasteiger partial charge in [-0.2, -0.15) is 4.98 Å². The molecule has 2 heterocycles. The lowest BCUT2D eigenvalue weighted by Crippen LogP contribution is -2.13. The summed E-state index contributed by atoms with van der Waals surface area (Å²) >= 11 is 0. The van der Waals surface area contributed by atoms with Gasteiger partial charge in [0.15, 0.2) is 0 Å². The van der Waals surface area contributed by atoms with Crippen LogP contribution >= 0.6 is 0 Å². The van der Waals surface area contributed by atoms with Crippen LogP contribution in [-0.4, -0.2) is 35.0 Å². The smallest absolute Gasteiger partial charge is 0.265 e. The van der Waals surface area contributed by atoms with E-state index in [0.717, 1.165) is 5.82 Å². The van der Waals surface area contributed by atoms with E-state index in [1.54, 1.807) is 61.7 Å². The van der Waals surface area contributed by atoms with Crippen molar-refractivity contribution >= 4 is 15.7 Å². The number of para-hydroxylation sites is 1. The Morgan fingerprint density at radius 2 is 1.75 bits per heavy atom. The Bertz CT molecular complexity index is 1350. The first kappa shape index (κ1) is 21.3. The number of sulfonamides is 1. The average molecular weight is 452 g/mol. The Hall–Kier alpha value is -3.92. The molecule has 0 aliphatic heterocycles. The quantitative estimate of drug-likeness (QED) is 0.454. The third-order valence-corrected chi connectivity index (χ3v) is 5.98. The largest absolute Gasteiger partial charge is 0.495 e. The lowest BCUT2D eigenvalue weighted by atomic mass is 10.3. The molecule has 0 saturated carbocycles. The van der Waals surface area contributed by atoms with Crippen molar-refractivity contribution in [3.05, 3.63) is 78.6 Å². The molecule has 0 aliphatic carbocycles. The van der Waals surface area contributed by atoms with Gasteiger partial charge < -0.3 is 9.47 Å². The fourth-order valence-corrected chi connectivity index (χ4v) is 4.31. The molecule has 0 radical (unpaired) electrons. The van der Waals surface area contributed by atoms with E-state index in [1.807, 2.05) is 17.7 Å². The monoisotopic (exact) mass is 451 g/mol. The van der Waals surface area contributed by atoms with Crippen molar-refractivity contribution in [3.63, 3.8) is 0 Å². The fourth-order valence-electron chi connectivity index (χ4n) is 3.08. The molecule has 0 saturated heterocycles. The third kappa shape index (κ3) is 4.54. The molecule has 2 aromatic carbocycles. The molecule has 9 nitrogen and oxygen atoms in total. The summed E-state index contributed by atoms with van der Waals surface area (Å²) in [5, 5.41) is 0. The Balaban J connectivity index is 1.53. The second-order valence-corrected chi connectivity index (χ2v) is 8.49. The van der Waals surface area contributed by atoms with Gasteiger partial charge in [-0.15, -0.1) is 0 Å². The highest BCUT2D eigenvalue weighted by Gasteiger charge is 2.19. The van der Waals surface area contributed by atoms with Crippen molar-refractivity contribution in [1.82, 2.24) is 19.5 Å². The van der Waals surface area contributed by atoms with E-state index >= 15 is 0 Å². The van der Waals surface area contributed by atoms with Crippen LogP contribution in [0.4, 0.5) is 5.69 Å². The molecule has 32 heavy (non-hydrogen) atoms. The Morgan fingerprint density at radius 3 is 2.44 bits per heavy atom. The Labute approximate surface area is 185 Å². The maximum absolute atomic E-state index is 12.7. The summed E-state index contributed by atoms with van der Waals surface area (Å²) in [5.41, 5.74) is 0.386. The van der Waals surface area contributed by atoms with Gasteiger partial charge in [0, 0.05) is 24.1 Å². The Kier molecular flexibility index (Phi) is 5.78. The molecule has 4 aromatic rings. The number of imidazole rings is 1. The van der Waals surface area contributed by atoms with Crippen LogP contribution in [0.1, 0.15) is 11.6 Å². The zero-order valence-corrected chi connectivity index (χ0v) is 18.5. The van der Waals surface area contributed by atoms with Gasteiger partial charge in [-0.3, -0.25) is 9.29 Å². The lowest BCUT2D eigenvalue weighted by Gasteiger charge is -2.12. The number of nitrogens with zero attached hydrogens (tertiary/aromatic N) is 4. The van der Waals surface area contributed by atoms with Gasteiger partial charge >= 0.3 is 0 Å². The van der Waals surface area contributed by atoms with Crippen LogP contribution in [0.5, 0.6) is 17.4 Å². The number of benzene rings is 2. The van der Waals surface area contributed by atoms with E-state index < -0.39 is 10.0 Å². The molecule has 0 atom stereocenters. The summed E-state index contributed by atoms with van der Waals surface area (Å²) in [6.45, 7) is 3.65. The van der Waals surface area contributed by atoms with Crippen LogP contribution in [0.2, 0.25) is 0 Å². The third-order valence-electron chi connectivity index (χ3n) is 4.56. The second kappa shape index (κ2) is 8.67. The summed E-state index contributed by atoms with van der Waals surface area (Å²) in [6.07, 6.45) is 3.50. The SMILES string of the molecule is COc1ccccc1S(=O)(=O)Nc1ccc(Oc2cc(-n3ccnc3C)nc(C)n2)cc1. The summed E-state index contributed by atoms with van der Waals surface area (Å²) in [6, 6.07) is 14.6. The van der Waals surface area contributed by atoms with E-state index in [-0.39, 0.29) is 10.6 Å². The average Bonchev–Trinajstić information content (AvgIpc) is 3.20. The summed E-state index contributed by atoms with van der Waals surface area (Å²) in [5.74, 6) is 3.11. The number of ether oxygens (including phenoxy) is 2. The first-order valence-electron chi connectivity index (χ1n) is 9.65. The summed E-state index contributed by atoms with van der Waals surface area (Å²) < 4.78 is 40.8. The molecule has 4 rings (SSSR count). The number of anilines is 1. The number of hydrogen-bond acceptors (Lipinski definition) is 7. The van der Waals surface area contributed by atoms with Gasteiger partial charge in [-0.1, -0.05) is 12.1 Å². The van der Waals surface area contributed by atoms with Gasteiger partial charge in [0.2, 0.25) is 5.88 Å². The van der Waals surface area contributed by atoms with E-state index in [4.69, 9.17) is 9.47 Å². The molecule has 2 aromatic heterocycles. The highest BCUT2D eigenvalue weighted by molar-refractivity contribution is 7.92. The molecule has 0 aliphatic rings. The van der Waals surface area contributed by atoms with Crippen molar-refractivity contribution in [2.75, 3.05) is 11.8 Å². The molecule has 1 N–H and O–H groups in total. The maximum atomic E-state index is 12.7. The normalized spacial score (nSPS) is 11.2. The number of aromatic nitrogens is 4.